The third-order valence-electron chi connectivity index (χ3n) is 3.17. The maximum atomic E-state index is 9.85. The van der Waals surface area contributed by atoms with Crippen LogP contribution in [0.4, 0.5) is 0 Å². The number of amides is 1. The fourth-order valence-electron chi connectivity index (χ4n) is 2.08. The van der Waals surface area contributed by atoms with Crippen molar-refractivity contribution >= 4 is 18.0 Å². The maximum Gasteiger partial charge on any atom is 0.207 e. The van der Waals surface area contributed by atoms with E-state index in [0.717, 1.165) is 30.1 Å². The summed E-state index contributed by atoms with van der Waals surface area (Å²) in [7, 11) is 0. The van der Waals surface area contributed by atoms with Crippen molar-refractivity contribution < 1.29 is 4.79 Å². The van der Waals surface area contributed by atoms with E-state index in [1.54, 1.807) is 0 Å². The van der Waals surface area contributed by atoms with Gasteiger partial charge in [-0.1, -0.05) is 43.1 Å². The number of nitrogens with zero attached hydrogens (tertiary/aromatic N) is 1. The zero-order chi connectivity index (χ0) is 16.1. The highest BCUT2D eigenvalue weighted by Crippen LogP contribution is 2.15. The first-order valence-electron chi connectivity index (χ1n) is 7.75. The van der Waals surface area contributed by atoms with E-state index in [9.17, 15) is 4.79 Å². The van der Waals surface area contributed by atoms with Crippen LogP contribution >= 0.6 is 11.6 Å². The number of nitrogens with one attached hydrogen (secondary N) is 1. The Morgan fingerprint density at radius 1 is 1.24 bits per heavy atom. The van der Waals surface area contributed by atoms with Gasteiger partial charge in [-0.3, -0.25) is 4.79 Å². The molecule has 1 fully saturated rings. The van der Waals surface area contributed by atoms with Gasteiger partial charge in [-0.05, 0) is 51.4 Å². The second-order valence-corrected chi connectivity index (χ2v) is 5.28. The van der Waals surface area contributed by atoms with E-state index in [1.807, 2.05) is 32.9 Å². The molecule has 0 bridgehead atoms. The molecule has 4 heteroatoms. The fraction of sp³-hybridized carbons (Fsp3) is 0.588. The van der Waals surface area contributed by atoms with Crippen molar-refractivity contribution in [2.75, 3.05) is 26.2 Å². The lowest BCUT2D eigenvalue weighted by atomic mass is 10.2. The summed E-state index contributed by atoms with van der Waals surface area (Å²) in [6.45, 7) is 12.3. The summed E-state index contributed by atoms with van der Waals surface area (Å²) < 4.78 is 0. The van der Waals surface area contributed by atoms with Crippen LogP contribution < -0.4 is 5.32 Å². The molecule has 1 aliphatic rings. The smallest absolute Gasteiger partial charge is 0.207 e. The van der Waals surface area contributed by atoms with Crippen molar-refractivity contribution in [3.63, 3.8) is 0 Å². The number of rotatable bonds is 4. The Morgan fingerprint density at radius 3 is 2.33 bits per heavy atom. The molecule has 1 aliphatic heterocycles. The zero-order valence-electron chi connectivity index (χ0n) is 13.8. The first-order valence-corrected chi connectivity index (χ1v) is 8.13. The molecule has 2 rings (SSSR count). The van der Waals surface area contributed by atoms with Crippen LogP contribution in [0.1, 0.15) is 37.8 Å². The molecule has 120 valence electrons. The van der Waals surface area contributed by atoms with Gasteiger partial charge in [0.2, 0.25) is 6.41 Å². The monoisotopic (exact) mass is 312 g/mol. The van der Waals surface area contributed by atoms with E-state index >= 15 is 0 Å². The predicted molar refractivity (Wildman–Crippen MR) is 92.0 cm³/mol. The number of likely N-dealkylation sites (tertiary alicyclic amines) is 1. The molecule has 1 N–H and O–H groups in total. The predicted octanol–water partition coefficient (Wildman–Crippen LogP) is 3.81. The highest BCUT2D eigenvalue weighted by molar-refractivity contribution is 6.31. The van der Waals surface area contributed by atoms with Crippen LogP contribution in [-0.4, -0.2) is 37.5 Å². The summed E-state index contributed by atoms with van der Waals surface area (Å²) in [6.07, 6.45) is 3.40. The van der Waals surface area contributed by atoms with Gasteiger partial charge in [-0.15, -0.1) is 0 Å². The number of hydrogen-bond acceptors (Lipinski definition) is 2. The lowest BCUT2D eigenvalue weighted by Gasteiger charge is -2.12. The third kappa shape index (κ3) is 9.48. The number of hydrogen-bond donors (Lipinski definition) is 1. The van der Waals surface area contributed by atoms with Crippen molar-refractivity contribution in [3.05, 3.63) is 34.3 Å². The summed E-state index contributed by atoms with van der Waals surface area (Å²) in [6, 6.07) is 6.00. The van der Waals surface area contributed by atoms with E-state index < -0.39 is 0 Å². The molecule has 1 saturated heterocycles. The van der Waals surface area contributed by atoms with Crippen LogP contribution in [0, 0.1) is 13.8 Å². The van der Waals surface area contributed by atoms with Crippen LogP contribution in [0.3, 0.4) is 0 Å². The maximum absolute atomic E-state index is 9.85. The Bertz CT molecular complexity index is 390. The largest absolute Gasteiger partial charge is 0.357 e. The summed E-state index contributed by atoms with van der Waals surface area (Å²) in [4.78, 5) is 12.2. The van der Waals surface area contributed by atoms with Gasteiger partial charge in [0.05, 0.1) is 0 Å². The molecule has 1 amide bonds. The average Bonchev–Trinajstić information content (AvgIpc) is 3.00. The molecule has 21 heavy (non-hydrogen) atoms. The average molecular weight is 313 g/mol. The first-order chi connectivity index (χ1) is 10.1. The minimum atomic E-state index is 0.760. The molecule has 1 aromatic carbocycles. The van der Waals surface area contributed by atoms with Gasteiger partial charge in [0.25, 0.3) is 0 Å². The van der Waals surface area contributed by atoms with Gasteiger partial charge < -0.3 is 10.2 Å². The minimum Gasteiger partial charge on any atom is -0.357 e. The Morgan fingerprint density at radius 2 is 1.86 bits per heavy atom. The van der Waals surface area contributed by atoms with Gasteiger partial charge in [0, 0.05) is 18.1 Å². The van der Waals surface area contributed by atoms with E-state index in [0.29, 0.717) is 0 Å². The molecular formula is C17H29ClN2O. The van der Waals surface area contributed by atoms with Crippen LogP contribution in [0.2, 0.25) is 5.02 Å². The number of halogens is 1. The Hall–Kier alpha value is -1.06. The van der Waals surface area contributed by atoms with Gasteiger partial charge in [-0.2, -0.15) is 0 Å². The fourth-order valence-corrected chi connectivity index (χ4v) is 2.20. The SMILES string of the molecule is CC.Cc1ccc(Cl)c(C)c1.O=CNCCN1CCCC1. The van der Waals surface area contributed by atoms with Gasteiger partial charge in [-0.25, -0.2) is 0 Å². The van der Waals surface area contributed by atoms with E-state index in [4.69, 9.17) is 11.6 Å². The lowest BCUT2D eigenvalue weighted by Crippen LogP contribution is -2.29. The summed E-state index contributed by atoms with van der Waals surface area (Å²) in [5.74, 6) is 0. The number of carbonyl (C=O) groups is 1. The minimum absolute atomic E-state index is 0.760. The van der Waals surface area contributed by atoms with Crippen molar-refractivity contribution in [3.8, 4) is 0 Å². The first kappa shape index (κ1) is 19.9. The number of benzene rings is 1. The van der Waals surface area contributed by atoms with Crippen LogP contribution in [0.5, 0.6) is 0 Å². The Kier molecular flexibility index (Phi) is 12.0. The molecule has 0 saturated carbocycles. The molecule has 0 aromatic heterocycles. The molecule has 0 unspecified atom stereocenters. The number of aryl methyl sites for hydroxylation is 2. The second kappa shape index (κ2) is 12.7. The van der Waals surface area contributed by atoms with Gasteiger partial charge in [0.15, 0.2) is 0 Å². The normalized spacial score (nSPS) is 13.6. The summed E-state index contributed by atoms with van der Waals surface area (Å²) in [5.41, 5.74) is 2.41. The summed E-state index contributed by atoms with van der Waals surface area (Å²) in [5, 5.41) is 3.50. The molecule has 1 aromatic rings. The van der Waals surface area contributed by atoms with Crippen molar-refractivity contribution in [1.82, 2.24) is 10.2 Å². The second-order valence-electron chi connectivity index (χ2n) is 4.87. The van der Waals surface area contributed by atoms with Crippen LogP contribution in [0.15, 0.2) is 18.2 Å². The van der Waals surface area contributed by atoms with Gasteiger partial charge in [0.1, 0.15) is 0 Å². The van der Waals surface area contributed by atoms with E-state index in [1.165, 1.54) is 31.5 Å². The third-order valence-corrected chi connectivity index (χ3v) is 3.59. The molecule has 0 spiro atoms. The van der Waals surface area contributed by atoms with Crippen molar-refractivity contribution in [1.29, 1.82) is 0 Å². The lowest BCUT2D eigenvalue weighted by molar-refractivity contribution is -0.109. The Balaban J connectivity index is 0.000000342. The highest BCUT2D eigenvalue weighted by Gasteiger charge is 2.09. The van der Waals surface area contributed by atoms with Crippen molar-refractivity contribution in [2.45, 2.75) is 40.5 Å². The molecule has 0 radical (unpaired) electrons. The van der Waals surface area contributed by atoms with Crippen LogP contribution in [0.25, 0.3) is 0 Å². The standard InChI is InChI=1S/C8H9Cl.C7H14N2O.C2H6/c1-6-3-4-8(9)7(2)5-6;10-7-8-3-6-9-4-1-2-5-9;1-2/h3-5H,1-2H3;7H,1-6H2,(H,8,10);1-2H3. The molecule has 3 nitrogen and oxygen atoms in total. The highest BCUT2D eigenvalue weighted by atomic mass is 35.5. The molecule has 1 heterocycles. The topological polar surface area (TPSA) is 32.3 Å². The molecular weight excluding hydrogens is 284 g/mol. The molecule has 0 atom stereocenters. The zero-order valence-corrected chi connectivity index (χ0v) is 14.5. The van der Waals surface area contributed by atoms with Gasteiger partial charge >= 0.3 is 0 Å². The molecule has 0 aliphatic carbocycles. The van der Waals surface area contributed by atoms with E-state index in [2.05, 4.69) is 23.2 Å². The van der Waals surface area contributed by atoms with Crippen molar-refractivity contribution in [2.24, 2.45) is 0 Å². The Labute approximate surface area is 134 Å². The van der Waals surface area contributed by atoms with Crippen LogP contribution in [-0.2, 0) is 4.79 Å². The summed E-state index contributed by atoms with van der Waals surface area (Å²) >= 11 is 5.78. The quantitative estimate of drug-likeness (QED) is 0.677. The number of carbonyl (C=O) groups excluding carboxylic acids is 1. The van der Waals surface area contributed by atoms with E-state index in [-0.39, 0.29) is 0 Å².